The number of carbonyl (C=O) groups is 2. The monoisotopic (exact) mass is 377 g/mol. The van der Waals surface area contributed by atoms with Gasteiger partial charge in [-0.1, -0.05) is 48.0 Å². The summed E-state index contributed by atoms with van der Waals surface area (Å²) in [7, 11) is 0. The van der Waals surface area contributed by atoms with Crippen molar-refractivity contribution in [3.8, 4) is 0 Å². The smallest absolute Gasteiger partial charge is 0.253 e. The van der Waals surface area contributed by atoms with Gasteiger partial charge in [-0.3, -0.25) is 14.6 Å². The number of hydrogen-bond acceptors (Lipinski definition) is 3. The molecule has 0 atom stereocenters. The zero-order valence-electron chi connectivity index (χ0n) is 15.4. The number of rotatable bonds is 6. The Morgan fingerprint density at radius 3 is 2.25 bits per heavy atom. The Labute approximate surface area is 162 Å². The van der Waals surface area contributed by atoms with Gasteiger partial charge in [-0.05, 0) is 24.6 Å². The summed E-state index contributed by atoms with van der Waals surface area (Å²) in [6.45, 7) is 2.41. The van der Waals surface area contributed by atoms with Crippen LogP contribution in [-0.4, -0.2) is 16.8 Å². The first-order valence-corrected chi connectivity index (χ1v) is 8.83. The fraction of sp³-hybridized carbons (Fsp3) is 0.136. The van der Waals surface area contributed by atoms with Crippen LogP contribution in [0, 0.1) is 12.7 Å². The minimum atomic E-state index is -0.427. The van der Waals surface area contributed by atoms with Crippen LogP contribution < -0.4 is 10.6 Å². The highest BCUT2D eigenvalue weighted by molar-refractivity contribution is 5.99. The Hall–Kier alpha value is -3.54. The van der Waals surface area contributed by atoms with Crippen LogP contribution in [0.1, 0.15) is 37.4 Å². The fourth-order valence-electron chi connectivity index (χ4n) is 2.71. The lowest BCUT2D eigenvalue weighted by molar-refractivity contribution is 0.0950. The van der Waals surface area contributed by atoms with Gasteiger partial charge in [0.05, 0.1) is 11.1 Å². The number of nitrogens with one attached hydrogen (secondary N) is 2. The first kappa shape index (κ1) is 19.2. The Morgan fingerprint density at radius 1 is 0.893 bits per heavy atom. The molecule has 28 heavy (non-hydrogen) atoms. The standard InChI is InChI=1S/C22H20FN3O2/c1-15-5-4-6-16(9-15)11-25-21(27)18-10-19(13-24-12-18)22(28)26-14-17-7-2-3-8-20(17)23/h2-10,12-13H,11,14H2,1H3,(H,25,27)(H,26,28). The van der Waals surface area contributed by atoms with E-state index in [1.54, 1.807) is 18.2 Å². The maximum Gasteiger partial charge on any atom is 0.253 e. The van der Waals surface area contributed by atoms with Gasteiger partial charge in [0.15, 0.2) is 0 Å². The molecule has 2 amide bonds. The molecule has 3 rings (SSSR count). The molecule has 1 heterocycles. The van der Waals surface area contributed by atoms with E-state index in [4.69, 9.17) is 0 Å². The molecule has 2 N–H and O–H groups in total. The van der Waals surface area contributed by atoms with Crippen molar-refractivity contribution in [3.63, 3.8) is 0 Å². The molecule has 0 unspecified atom stereocenters. The lowest BCUT2D eigenvalue weighted by Crippen LogP contribution is -2.26. The largest absolute Gasteiger partial charge is 0.348 e. The molecule has 0 saturated carbocycles. The Balaban J connectivity index is 1.61. The number of amides is 2. The summed E-state index contributed by atoms with van der Waals surface area (Å²) in [5.41, 5.74) is 3.00. The van der Waals surface area contributed by atoms with Gasteiger partial charge in [0.25, 0.3) is 11.8 Å². The molecule has 0 fully saturated rings. The molecule has 6 heteroatoms. The number of pyridine rings is 1. The van der Waals surface area contributed by atoms with Crippen molar-refractivity contribution in [1.29, 1.82) is 0 Å². The molecule has 1 aromatic heterocycles. The van der Waals surface area contributed by atoms with Gasteiger partial charge in [0.2, 0.25) is 0 Å². The van der Waals surface area contributed by atoms with Gasteiger partial charge in [0, 0.05) is 31.0 Å². The molecule has 142 valence electrons. The zero-order chi connectivity index (χ0) is 19.9. The third kappa shape index (κ3) is 5.01. The normalized spacial score (nSPS) is 10.4. The van der Waals surface area contributed by atoms with Gasteiger partial charge in [-0.15, -0.1) is 0 Å². The Kier molecular flexibility index (Phi) is 6.11. The van der Waals surface area contributed by atoms with Crippen molar-refractivity contribution in [1.82, 2.24) is 15.6 Å². The molecule has 0 saturated heterocycles. The predicted molar refractivity (Wildman–Crippen MR) is 104 cm³/mol. The van der Waals surface area contributed by atoms with Crippen molar-refractivity contribution >= 4 is 11.8 Å². The van der Waals surface area contributed by atoms with Crippen molar-refractivity contribution in [2.75, 3.05) is 0 Å². The summed E-state index contributed by atoms with van der Waals surface area (Å²) < 4.78 is 13.6. The average molecular weight is 377 g/mol. The molecular weight excluding hydrogens is 357 g/mol. The minimum Gasteiger partial charge on any atom is -0.348 e. The number of hydrogen-bond donors (Lipinski definition) is 2. The van der Waals surface area contributed by atoms with Gasteiger partial charge >= 0.3 is 0 Å². The molecule has 0 spiro atoms. The van der Waals surface area contributed by atoms with E-state index in [1.165, 1.54) is 24.5 Å². The van der Waals surface area contributed by atoms with Crippen LogP contribution in [0.25, 0.3) is 0 Å². The number of nitrogens with zero attached hydrogens (tertiary/aromatic N) is 1. The van der Waals surface area contributed by atoms with E-state index in [1.807, 2.05) is 31.2 Å². The molecule has 0 aliphatic heterocycles. The first-order valence-electron chi connectivity index (χ1n) is 8.83. The van der Waals surface area contributed by atoms with E-state index < -0.39 is 5.91 Å². The molecular formula is C22H20FN3O2. The topological polar surface area (TPSA) is 71.1 Å². The number of aryl methyl sites for hydroxylation is 1. The lowest BCUT2D eigenvalue weighted by atomic mass is 10.1. The van der Waals surface area contributed by atoms with E-state index in [-0.39, 0.29) is 29.4 Å². The number of halogens is 1. The average Bonchev–Trinajstić information content (AvgIpc) is 2.71. The van der Waals surface area contributed by atoms with E-state index in [9.17, 15) is 14.0 Å². The van der Waals surface area contributed by atoms with Crippen LogP contribution in [0.3, 0.4) is 0 Å². The SMILES string of the molecule is Cc1cccc(CNC(=O)c2cncc(C(=O)NCc3ccccc3F)c2)c1. The third-order valence-electron chi connectivity index (χ3n) is 4.20. The molecule has 2 aromatic carbocycles. The molecule has 3 aromatic rings. The van der Waals surface area contributed by atoms with Crippen LogP contribution in [0.2, 0.25) is 0 Å². The first-order chi connectivity index (χ1) is 13.5. The second-order valence-corrected chi connectivity index (χ2v) is 6.41. The third-order valence-corrected chi connectivity index (χ3v) is 4.20. The predicted octanol–water partition coefficient (Wildman–Crippen LogP) is 3.39. The van der Waals surface area contributed by atoms with Gasteiger partial charge in [0.1, 0.15) is 5.82 Å². The summed E-state index contributed by atoms with van der Waals surface area (Å²) in [6.07, 6.45) is 2.77. The van der Waals surface area contributed by atoms with Crippen molar-refractivity contribution < 1.29 is 14.0 Å². The molecule has 0 radical (unpaired) electrons. The highest BCUT2D eigenvalue weighted by Gasteiger charge is 2.12. The Bertz CT molecular complexity index is 1000. The number of benzene rings is 2. The van der Waals surface area contributed by atoms with Crippen LogP contribution >= 0.6 is 0 Å². The van der Waals surface area contributed by atoms with E-state index in [0.717, 1.165) is 11.1 Å². The highest BCUT2D eigenvalue weighted by Crippen LogP contribution is 2.08. The summed E-state index contributed by atoms with van der Waals surface area (Å²) in [5, 5.41) is 5.45. The maximum atomic E-state index is 13.6. The van der Waals surface area contributed by atoms with Gasteiger partial charge in [-0.25, -0.2) is 4.39 Å². The van der Waals surface area contributed by atoms with Crippen LogP contribution in [0.5, 0.6) is 0 Å². The molecule has 0 aliphatic rings. The van der Waals surface area contributed by atoms with E-state index in [2.05, 4.69) is 15.6 Å². The van der Waals surface area contributed by atoms with E-state index in [0.29, 0.717) is 12.1 Å². The summed E-state index contributed by atoms with van der Waals surface area (Å²) in [4.78, 5) is 28.7. The number of carbonyl (C=O) groups excluding carboxylic acids is 2. The van der Waals surface area contributed by atoms with E-state index >= 15 is 0 Å². The summed E-state index contributed by atoms with van der Waals surface area (Å²) >= 11 is 0. The molecule has 0 aliphatic carbocycles. The van der Waals surface area contributed by atoms with Gasteiger partial charge < -0.3 is 10.6 Å². The van der Waals surface area contributed by atoms with Crippen LogP contribution in [-0.2, 0) is 13.1 Å². The highest BCUT2D eigenvalue weighted by atomic mass is 19.1. The summed E-state index contributed by atoms with van der Waals surface area (Å²) in [5.74, 6) is -1.13. The van der Waals surface area contributed by atoms with Crippen LogP contribution in [0.4, 0.5) is 4.39 Å². The fourth-order valence-corrected chi connectivity index (χ4v) is 2.71. The van der Waals surface area contributed by atoms with Gasteiger partial charge in [-0.2, -0.15) is 0 Å². The molecule has 0 bridgehead atoms. The van der Waals surface area contributed by atoms with Crippen molar-refractivity contribution in [2.45, 2.75) is 20.0 Å². The number of aromatic nitrogens is 1. The Morgan fingerprint density at radius 2 is 1.57 bits per heavy atom. The lowest BCUT2D eigenvalue weighted by Gasteiger charge is -2.08. The molecule has 5 nitrogen and oxygen atoms in total. The summed E-state index contributed by atoms with van der Waals surface area (Å²) in [6, 6.07) is 15.5. The quantitative estimate of drug-likeness (QED) is 0.692. The zero-order valence-corrected chi connectivity index (χ0v) is 15.4. The maximum absolute atomic E-state index is 13.6. The second-order valence-electron chi connectivity index (χ2n) is 6.41. The van der Waals surface area contributed by atoms with Crippen LogP contribution in [0.15, 0.2) is 67.0 Å². The second kappa shape index (κ2) is 8.90. The van der Waals surface area contributed by atoms with Crippen molar-refractivity contribution in [2.24, 2.45) is 0 Å². The van der Waals surface area contributed by atoms with Crippen molar-refractivity contribution in [3.05, 3.63) is 101 Å². The minimum absolute atomic E-state index is 0.0509.